The van der Waals surface area contributed by atoms with Crippen molar-refractivity contribution < 1.29 is 9.53 Å². The normalized spacial score (nSPS) is 13.2. The van der Waals surface area contributed by atoms with Gasteiger partial charge in [0.15, 0.2) is 10.8 Å². The molecule has 0 bridgehead atoms. The van der Waals surface area contributed by atoms with Crippen LogP contribution in [0.25, 0.3) is 11.0 Å². The van der Waals surface area contributed by atoms with E-state index in [4.69, 9.17) is 9.72 Å². The highest BCUT2D eigenvalue weighted by molar-refractivity contribution is 7.98. The Bertz CT molecular complexity index is 957. The number of hydrogen-bond acceptors (Lipinski definition) is 7. The summed E-state index contributed by atoms with van der Waals surface area (Å²) >= 11 is 1.48. The zero-order valence-electron chi connectivity index (χ0n) is 14.7. The Morgan fingerprint density at radius 3 is 2.81 bits per heavy atom. The summed E-state index contributed by atoms with van der Waals surface area (Å²) in [5.41, 5.74) is 2.86. The molecule has 0 amide bonds. The number of ether oxygens (including phenoxy) is 1. The predicted molar refractivity (Wildman–Crippen MR) is 100 cm³/mol. The third-order valence-corrected chi connectivity index (χ3v) is 5.00. The highest BCUT2D eigenvalue weighted by atomic mass is 32.2. The number of thioether (sulfide) groups is 1. The smallest absolute Gasteiger partial charge is 0.327 e. The first-order valence-electron chi connectivity index (χ1n) is 8.36. The van der Waals surface area contributed by atoms with Crippen LogP contribution in [0.5, 0.6) is 0 Å². The maximum atomic E-state index is 11.7. The average Bonchev–Trinajstić information content (AvgIpc) is 3.02. The number of methoxy groups -OCH3 is 1. The van der Waals surface area contributed by atoms with Crippen molar-refractivity contribution in [2.45, 2.75) is 24.7 Å². The molecule has 134 valence electrons. The molecule has 0 N–H and O–H groups in total. The zero-order chi connectivity index (χ0) is 18.1. The van der Waals surface area contributed by atoms with Gasteiger partial charge in [-0.3, -0.25) is 4.79 Å². The molecule has 26 heavy (non-hydrogen) atoms. The van der Waals surface area contributed by atoms with Crippen LogP contribution in [-0.2, 0) is 29.0 Å². The van der Waals surface area contributed by atoms with Gasteiger partial charge >= 0.3 is 5.97 Å². The molecule has 0 unspecified atom stereocenters. The second-order valence-corrected chi connectivity index (χ2v) is 6.84. The number of benzene rings is 1. The number of carbonyl (C=O) groups excluding carboxylic acids is 1. The number of aromatic nitrogens is 4. The Balaban J connectivity index is 1.80. The molecule has 0 saturated carbocycles. The number of carbonyl (C=O) groups is 1. The van der Waals surface area contributed by atoms with Crippen LogP contribution in [0.2, 0.25) is 0 Å². The molecule has 1 aromatic carbocycles. The Morgan fingerprint density at radius 2 is 2.08 bits per heavy atom. The van der Waals surface area contributed by atoms with Crippen molar-refractivity contribution in [3.8, 4) is 0 Å². The molecule has 4 rings (SSSR count). The maximum absolute atomic E-state index is 11.7. The lowest BCUT2D eigenvalue weighted by Gasteiger charge is -2.27. The SMILES string of the molecule is COC(=O)Cn1nc2c3c(nc(SC)nc31)N(Cc1ccccc1)CC2. The van der Waals surface area contributed by atoms with Gasteiger partial charge in [-0.1, -0.05) is 42.1 Å². The first-order valence-corrected chi connectivity index (χ1v) is 9.59. The van der Waals surface area contributed by atoms with Crippen LogP contribution in [0, 0.1) is 0 Å². The lowest BCUT2D eigenvalue weighted by Crippen LogP contribution is -2.29. The summed E-state index contributed by atoms with van der Waals surface area (Å²) < 4.78 is 6.42. The number of hydrogen-bond donors (Lipinski definition) is 0. The lowest BCUT2D eigenvalue weighted by atomic mass is 10.1. The van der Waals surface area contributed by atoms with Crippen molar-refractivity contribution in [1.82, 2.24) is 19.7 Å². The number of anilines is 1. The number of esters is 1. The second-order valence-electron chi connectivity index (χ2n) is 6.07. The summed E-state index contributed by atoms with van der Waals surface area (Å²) in [5.74, 6) is 0.549. The quantitative estimate of drug-likeness (QED) is 0.388. The first-order chi connectivity index (χ1) is 12.7. The molecule has 0 radical (unpaired) electrons. The third kappa shape index (κ3) is 3.01. The Morgan fingerprint density at radius 1 is 1.27 bits per heavy atom. The fraction of sp³-hybridized carbons (Fsp3) is 0.333. The Hall–Kier alpha value is -2.61. The summed E-state index contributed by atoms with van der Waals surface area (Å²) in [6, 6.07) is 10.3. The van der Waals surface area contributed by atoms with Gasteiger partial charge in [-0.05, 0) is 11.8 Å². The maximum Gasteiger partial charge on any atom is 0.327 e. The van der Waals surface area contributed by atoms with Gasteiger partial charge in [0.25, 0.3) is 0 Å². The Kier molecular flexibility index (Phi) is 4.50. The largest absolute Gasteiger partial charge is 0.468 e. The topological polar surface area (TPSA) is 73.1 Å². The summed E-state index contributed by atoms with van der Waals surface area (Å²) in [7, 11) is 1.38. The highest BCUT2D eigenvalue weighted by Gasteiger charge is 2.27. The van der Waals surface area contributed by atoms with E-state index < -0.39 is 0 Å². The highest BCUT2D eigenvalue weighted by Crippen LogP contribution is 2.34. The molecule has 7 nitrogen and oxygen atoms in total. The van der Waals surface area contributed by atoms with E-state index in [-0.39, 0.29) is 12.5 Å². The van der Waals surface area contributed by atoms with Crippen LogP contribution in [0.3, 0.4) is 0 Å². The van der Waals surface area contributed by atoms with E-state index in [0.717, 1.165) is 36.4 Å². The van der Waals surface area contributed by atoms with Crippen molar-refractivity contribution in [2.24, 2.45) is 0 Å². The molecule has 3 heterocycles. The van der Waals surface area contributed by atoms with Gasteiger partial charge < -0.3 is 9.64 Å². The van der Waals surface area contributed by atoms with Crippen molar-refractivity contribution in [2.75, 3.05) is 24.8 Å². The molecule has 0 fully saturated rings. The van der Waals surface area contributed by atoms with Crippen LogP contribution in [0.1, 0.15) is 11.3 Å². The van der Waals surface area contributed by atoms with E-state index in [0.29, 0.717) is 10.8 Å². The van der Waals surface area contributed by atoms with Gasteiger partial charge in [-0.15, -0.1) is 0 Å². The first kappa shape index (κ1) is 16.8. The summed E-state index contributed by atoms with van der Waals surface area (Å²) in [6.07, 6.45) is 2.74. The molecule has 0 aliphatic carbocycles. The van der Waals surface area contributed by atoms with Gasteiger partial charge in [-0.2, -0.15) is 5.10 Å². The third-order valence-electron chi connectivity index (χ3n) is 4.45. The molecule has 1 aliphatic heterocycles. The second kappa shape index (κ2) is 6.95. The van der Waals surface area contributed by atoms with Crippen molar-refractivity contribution in [3.05, 3.63) is 41.6 Å². The van der Waals surface area contributed by atoms with Crippen LogP contribution in [-0.4, -0.2) is 45.6 Å². The standard InChI is InChI=1S/C18H19N5O2S/c1-25-14(24)11-23-17-15-13(21-23)8-9-22(10-12-6-4-3-5-7-12)16(15)19-18(20-17)26-2/h3-7H,8-11H2,1-2H3. The lowest BCUT2D eigenvalue weighted by molar-refractivity contribution is -0.141. The predicted octanol–water partition coefficient (Wildman–Crippen LogP) is 2.28. The van der Waals surface area contributed by atoms with E-state index >= 15 is 0 Å². The van der Waals surface area contributed by atoms with Crippen LogP contribution >= 0.6 is 11.8 Å². The molecule has 0 atom stereocenters. The fourth-order valence-corrected chi connectivity index (χ4v) is 3.56. The molecule has 8 heteroatoms. The summed E-state index contributed by atoms with van der Waals surface area (Å²) in [6.45, 7) is 1.66. The summed E-state index contributed by atoms with van der Waals surface area (Å²) in [5, 5.41) is 6.21. The van der Waals surface area contributed by atoms with Crippen molar-refractivity contribution in [3.63, 3.8) is 0 Å². The zero-order valence-corrected chi connectivity index (χ0v) is 15.5. The fourth-order valence-electron chi connectivity index (χ4n) is 3.20. The monoisotopic (exact) mass is 369 g/mol. The van der Waals surface area contributed by atoms with E-state index in [1.165, 1.54) is 24.4 Å². The molecule has 2 aromatic heterocycles. The molecule has 3 aromatic rings. The van der Waals surface area contributed by atoms with Crippen molar-refractivity contribution in [1.29, 1.82) is 0 Å². The molecule has 1 aliphatic rings. The van der Waals surface area contributed by atoms with Crippen LogP contribution in [0.4, 0.5) is 5.82 Å². The van der Waals surface area contributed by atoms with E-state index in [1.807, 2.05) is 24.5 Å². The van der Waals surface area contributed by atoms with Gasteiger partial charge in [0.1, 0.15) is 12.4 Å². The minimum atomic E-state index is -0.341. The number of rotatable bonds is 5. The van der Waals surface area contributed by atoms with E-state index in [2.05, 4.69) is 27.1 Å². The average molecular weight is 369 g/mol. The van der Waals surface area contributed by atoms with Gasteiger partial charge in [-0.25, -0.2) is 14.6 Å². The minimum absolute atomic E-state index is 0.0515. The van der Waals surface area contributed by atoms with Gasteiger partial charge in [0.2, 0.25) is 0 Å². The molecule has 0 saturated heterocycles. The van der Waals surface area contributed by atoms with E-state index in [9.17, 15) is 4.79 Å². The summed E-state index contributed by atoms with van der Waals surface area (Å²) in [4.78, 5) is 23.4. The Labute approximate surface area is 155 Å². The van der Waals surface area contributed by atoms with E-state index in [1.54, 1.807) is 4.68 Å². The van der Waals surface area contributed by atoms with Gasteiger partial charge in [0.05, 0.1) is 18.2 Å². The van der Waals surface area contributed by atoms with Crippen LogP contribution in [0.15, 0.2) is 35.5 Å². The molecular formula is C18H19N5O2S. The van der Waals surface area contributed by atoms with Crippen LogP contribution < -0.4 is 4.90 Å². The molecule has 0 spiro atoms. The van der Waals surface area contributed by atoms with Crippen molar-refractivity contribution >= 4 is 34.6 Å². The minimum Gasteiger partial charge on any atom is -0.468 e. The van der Waals surface area contributed by atoms with Gasteiger partial charge in [0, 0.05) is 19.5 Å². The number of nitrogens with zero attached hydrogens (tertiary/aromatic N) is 5. The molecular weight excluding hydrogens is 350 g/mol.